The molecule has 1 N–H and O–H groups in total. The molecular formula is C2H8N2S2. The van der Waals surface area contributed by atoms with Gasteiger partial charge in [-0.15, -0.1) is 3.82 Å². The van der Waals surface area contributed by atoms with Gasteiger partial charge in [0.2, 0.25) is 0 Å². The Morgan fingerprint density at radius 2 is 2.17 bits per heavy atom. The highest BCUT2D eigenvalue weighted by Crippen LogP contribution is 1.86. The van der Waals surface area contributed by atoms with E-state index in [4.69, 9.17) is 0 Å². The number of hydrogen-bond donors (Lipinski definition) is 3. The van der Waals surface area contributed by atoms with Crippen molar-refractivity contribution in [3.8, 4) is 0 Å². The van der Waals surface area contributed by atoms with Crippen molar-refractivity contribution in [3.63, 3.8) is 0 Å². The van der Waals surface area contributed by atoms with Crippen LogP contribution in [0.15, 0.2) is 0 Å². The second-order valence-electron chi connectivity index (χ2n) is 0.801. The van der Waals surface area contributed by atoms with Crippen LogP contribution in [0.1, 0.15) is 6.92 Å². The average molecular weight is 124 g/mol. The minimum atomic E-state index is 0.854. The third-order valence-corrected chi connectivity index (χ3v) is 0.582. The van der Waals surface area contributed by atoms with E-state index in [2.05, 4.69) is 31.1 Å². The molecule has 0 aromatic heterocycles. The number of nitrogens with one attached hydrogen (secondary N) is 1. The van der Waals surface area contributed by atoms with Crippen LogP contribution in [0.4, 0.5) is 0 Å². The first kappa shape index (κ1) is 6.62. The van der Waals surface area contributed by atoms with Gasteiger partial charge in [0.1, 0.15) is 0 Å². The molecule has 6 heavy (non-hydrogen) atoms. The van der Waals surface area contributed by atoms with E-state index in [1.165, 1.54) is 3.82 Å². The van der Waals surface area contributed by atoms with Gasteiger partial charge in [-0.3, -0.25) is 0 Å². The lowest BCUT2D eigenvalue weighted by Gasteiger charge is -2.03. The van der Waals surface area contributed by atoms with Crippen LogP contribution in [0.2, 0.25) is 0 Å². The summed E-state index contributed by atoms with van der Waals surface area (Å²) in [7, 11) is 0. The predicted octanol–water partition coefficient (Wildman–Crippen LogP) is 0.502. The quantitative estimate of drug-likeness (QED) is 0.367. The lowest BCUT2D eigenvalue weighted by atomic mass is 10.8. The number of hydrazine groups is 1. The van der Waals surface area contributed by atoms with Gasteiger partial charge in [-0.25, -0.2) is 5.43 Å². The molecule has 0 fully saturated rings. The van der Waals surface area contributed by atoms with Crippen LogP contribution in [-0.4, -0.2) is 10.4 Å². The van der Waals surface area contributed by atoms with Crippen molar-refractivity contribution in [2.24, 2.45) is 0 Å². The molecule has 0 aliphatic rings. The Kier molecular flexibility index (Phi) is 4.19. The molecule has 0 radical (unpaired) electrons. The topological polar surface area (TPSA) is 15.3 Å². The highest BCUT2D eigenvalue weighted by molar-refractivity contribution is 7.93. The monoisotopic (exact) mass is 124 g/mol. The number of thiol groups is 2. The summed E-state index contributed by atoms with van der Waals surface area (Å²) in [5, 5.41) is 0. The molecule has 0 heterocycles. The zero-order chi connectivity index (χ0) is 4.99. The normalized spacial score (nSPS) is 10.0. The fraction of sp³-hybridized carbons (Fsp3) is 1.00. The number of rotatable bonds is 2. The molecule has 0 amide bonds. The first-order valence-corrected chi connectivity index (χ1v) is 2.48. The first-order valence-electron chi connectivity index (χ1n) is 1.68. The van der Waals surface area contributed by atoms with E-state index in [1.807, 2.05) is 6.92 Å². The highest BCUT2D eigenvalue weighted by atomic mass is 32.2. The fourth-order valence-corrected chi connectivity index (χ4v) is 0.424. The van der Waals surface area contributed by atoms with Gasteiger partial charge in [-0.1, -0.05) is 32.6 Å². The van der Waals surface area contributed by atoms with Crippen LogP contribution in [0.5, 0.6) is 0 Å². The number of hydrogen-bond acceptors (Lipinski definition) is 4. The van der Waals surface area contributed by atoms with Crippen molar-refractivity contribution in [2.45, 2.75) is 6.92 Å². The largest absolute Gasteiger partial charge is 0.236 e. The van der Waals surface area contributed by atoms with E-state index in [-0.39, 0.29) is 0 Å². The van der Waals surface area contributed by atoms with E-state index in [1.54, 1.807) is 0 Å². The SMILES string of the molecule is CCNN(S)S. The van der Waals surface area contributed by atoms with Gasteiger partial charge >= 0.3 is 0 Å². The minimum Gasteiger partial charge on any atom is -0.236 e. The molecular weight excluding hydrogens is 116 g/mol. The third-order valence-electron chi connectivity index (χ3n) is 0.300. The van der Waals surface area contributed by atoms with Gasteiger partial charge in [0, 0.05) is 6.54 Å². The van der Waals surface area contributed by atoms with Crippen molar-refractivity contribution >= 4 is 25.6 Å². The van der Waals surface area contributed by atoms with Crippen LogP contribution >= 0.6 is 25.6 Å². The molecule has 0 atom stereocenters. The Morgan fingerprint density at radius 3 is 2.17 bits per heavy atom. The Bertz CT molecular complexity index is 30.7. The van der Waals surface area contributed by atoms with E-state index in [0.29, 0.717) is 0 Å². The maximum atomic E-state index is 3.76. The van der Waals surface area contributed by atoms with Crippen LogP contribution in [0, 0.1) is 0 Å². The summed E-state index contributed by atoms with van der Waals surface area (Å²) in [5.74, 6) is 0. The summed E-state index contributed by atoms with van der Waals surface area (Å²) in [4.78, 5) is 0. The van der Waals surface area contributed by atoms with Crippen molar-refractivity contribution < 1.29 is 0 Å². The molecule has 0 bridgehead atoms. The molecule has 2 nitrogen and oxygen atoms in total. The lowest BCUT2D eigenvalue weighted by Crippen LogP contribution is -2.20. The summed E-state index contributed by atoms with van der Waals surface area (Å²) >= 11 is 7.53. The molecule has 0 saturated heterocycles. The van der Waals surface area contributed by atoms with Crippen molar-refractivity contribution in [1.82, 2.24) is 9.25 Å². The standard InChI is InChI=1S/C2H8N2S2/c1-2-3-4(5)6/h3,5-6H,2H2,1H3. The molecule has 0 aliphatic heterocycles. The fourth-order valence-electron chi connectivity index (χ4n) is 0.141. The van der Waals surface area contributed by atoms with Gasteiger partial charge in [0.15, 0.2) is 0 Å². The van der Waals surface area contributed by atoms with Gasteiger partial charge in [0.25, 0.3) is 0 Å². The zero-order valence-electron chi connectivity index (χ0n) is 3.55. The van der Waals surface area contributed by atoms with Crippen LogP contribution in [-0.2, 0) is 0 Å². The van der Waals surface area contributed by atoms with Crippen molar-refractivity contribution in [2.75, 3.05) is 6.54 Å². The maximum Gasteiger partial charge on any atom is 0.00915 e. The third kappa shape index (κ3) is 4.62. The summed E-state index contributed by atoms with van der Waals surface area (Å²) < 4.78 is 1.32. The first-order chi connectivity index (χ1) is 2.77. The van der Waals surface area contributed by atoms with Crippen LogP contribution in [0.3, 0.4) is 0 Å². The van der Waals surface area contributed by atoms with Crippen LogP contribution in [0.25, 0.3) is 0 Å². The smallest absolute Gasteiger partial charge is 0.00915 e. The lowest BCUT2D eigenvalue weighted by molar-refractivity contribution is 0.565. The van der Waals surface area contributed by atoms with Gasteiger partial charge in [-0.05, 0) is 0 Å². The Hall–Kier alpha value is 0.620. The zero-order valence-corrected chi connectivity index (χ0v) is 5.34. The van der Waals surface area contributed by atoms with E-state index in [0.717, 1.165) is 6.54 Å². The van der Waals surface area contributed by atoms with Gasteiger partial charge in [-0.2, -0.15) is 0 Å². The Balaban J connectivity index is 2.63. The predicted molar refractivity (Wildman–Crippen MR) is 33.5 cm³/mol. The summed E-state index contributed by atoms with van der Waals surface area (Å²) in [5.41, 5.74) is 2.77. The molecule has 0 rings (SSSR count). The van der Waals surface area contributed by atoms with Crippen LogP contribution < -0.4 is 5.43 Å². The minimum absolute atomic E-state index is 0.854. The second kappa shape index (κ2) is 3.80. The Morgan fingerprint density at radius 1 is 1.67 bits per heavy atom. The molecule has 0 saturated carbocycles. The molecule has 4 heteroatoms. The summed E-state index contributed by atoms with van der Waals surface area (Å²) in [6.45, 7) is 2.83. The van der Waals surface area contributed by atoms with E-state index in [9.17, 15) is 0 Å². The molecule has 0 unspecified atom stereocenters. The van der Waals surface area contributed by atoms with Crippen molar-refractivity contribution in [3.05, 3.63) is 0 Å². The van der Waals surface area contributed by atoms with Gasteiger partial charge in [0.05, 0.1) is 0 Å². The maximum absolute atomic E-state index is 3.76. The summed E-state index contributed by atoms with van der Waals surface area (Å²) in [6, 6.07) is 0. The second-order valence-corrected chi connectivity index (χ2v) is 1.92. The molecule has 0 spiro atoms. The highest BCUT2D eigenvalue weighted by Gasteiger charge is 1.78. The summed E-state index contributed by atoms with van der Waals surface area (Å²) in [6.07, 6.45) is 0. The molecule has 0 aromatic rings. The van der Waals surface area contributed by atoms with E-state index >= 15 is 0 Å². The van der Waals surface area contributed by atoms with Gasteiger partial charge < -0.3 is 0 Å². The molecule has 0 aromatic carbocycles. The average Bonchev–Trinajstić information content (AvgIpc) is 1.35. The van der Waals surface area contributed by atoms with E-state index < -0.39 is 0 Å². The molecule has 0 aliphatic carbocycles. The molecule has 38 valence electrons. The Labute approximate surface area is 49.0 Å². The number of nitrogens with zero attached hydrogens (tertiary/aromatic N) is 1. The van der Waals surface area contributed by atoms with Crippen molar-refractivity contribution in [1.29, 1.82) is 0 Å².